The summed E-state index contributed by atoms with van der Waals surface area (Å²) in [6.45, 7) is 2.03. The minimum Gasteiger partial charge on any atom is -0.462 e. The SMILES string of the molecule is CCOC(=O)c1ccccc1Nc1cnnc(Nc2ccc(F)cc2)n1. The van der Waals surface area contributed by atoms with Gasteiger partial charge in [0.25, 0.3) is 0 Å². The van der Waals surface area contributed by atoms with E-state index < -0.39 is 5.97 Å². The lowest BCUT2D eigenvalue weighted by Gasteiger charge is -2.11. The summed E-state index contributed by atoms with van der Waals surface area (Å²) in [7, 11) is 0. The molecule has 0 aliphatic heterocycles. The average Bonchev–Trinajstić information content (AvgIpc) is 2.65. The van der Waals surface area contributed by atoms with Gasteiger partial charge in [0.15, 0.2) is 5.82 Å². The summed E-state index contributed by atoms with van der Waals surface area (Å²) >= 11 is 0. The molecule has 0 unspecified atom stereocenters. The minimum absolute atomic E-state index is 0.232. The third-order valence-corrected chi connectivity index (χ3v) is 3.34. The van der Waals surface area contributed by atoms with E-state index in [2.05, 4.69) is 25.8 Å². The smallest absolute Gasteiger partial charge is 0.340 e. The Balaban J connectivity index is 1.79. The predicted molar refractivity (Wildman–Crippen MR) is 95.2 cm³/mol. The Labute approximate surface area is 149 Å². The average molecular weight is 353 g/mol. The molecule has 26 heavy (non-hydrogen) atoms. The van der Waals surface area contributed by atoms with Gasteiger partial charge in [-0.15, -0.1) is 5.10 Å². The summed E-state index contributed by atoms with van der Waals surface area (Å²) in [6, 6.07) is 12.7. The maximum Gasteiger partial charge on any atom is 0.340 e. The fourth-order valence-corrected chi connectivity index (χ4v) is 2.20. The first-order valence-corrected chi connectivity index (χ1v) is 7.91. The lowest BCUT2D eigenvalue weighted by atomic mass is 10.2. The first kappa shape index (κ1) is 17.3. The number of anilines is 4. The molecule has 0 fully saturated rings. The first-order chi connectivity index (χ1) is 12.7. The minimum atomic E-state index is -0.428. The molecule has 0 aliphatic rings. The molecular formula is C18H16FN5O2. The van der Waals surface area contributed by atoms with Crippen molar-refractivity contribution in [1.29, 1.82) is 0 Å². The van der Waals surface area contributed by atoms with Crippen molar-refractivity contribution in [2.75, 3.05) is 17.2 Å². The molecule has 0 bridgehead atoms. The normalized spacial score (nSPS) is 10.2. The number of halogens is 1. The number of nitrogens with one attached hydrogen (secondary N) is 2. The van der Waals surface area contributed by atoms with E-state index in [4.69, 9.17) is 4.74 Å². The van der Waals surface area contributed by atoms with Crippen LogP contribution >= 0.6 is 0 Å². The van der Waals surface area contributed by atoms with Gasteiger partial charge in [0.1, 0.15) is 5.82 Å². The van der Waals surface area contributed by atoms with E-state index in [1.807, 2.05) is 0 Å². The molecule has 0 saturated carbocycles. The summed E-state index contributed by atoms with van der Waals surface area (Å²) in [5.41, 5.74) is 1.55. The Hall–Kier alpha value is -3.55. The third-order valence-electron chi connectivity index (χ3n) is 3.34. The van der Waals surface area contributed by atoms with Crippen LogP contribution in [0.1, 0.15) is 17.3 Å². The molecule has 0 aliphatic carbocycles. The molecule has 2 aromatic carbocycles. The first-order valence-electron chi connectivity index (χ1n) is 7.91. The highest BCUT2D eigenvalue weighted by Crippen LogP contribution is 2.21. The van der Waals surface area contributed by atoms with Gasteiger partial charge < -0.3 is 15.4 Å². The molecule has 0 spiro atoms. The van der Waals surface area contributed by atoms with Crippen molar-refractivity contribution in [2.45, 2.75) is 6.92 Å². The van der Waals surface area contributed by atoms with Gasteiger partial charge in [-0.1, -0.05) is 12.1 Å². The number of hydrogen-bond acceptors (Lipinski definition) is 7. The van der Waals surface area contributed by atoms with Gasteiger partial charge in [0, 0.05) is 5.69 Å². The Morgan fingerprint density at radius 3 is 2.65 bits per heavy atom. The monoisotopic (exact) mass is 353 g/mol. The molecule has 1 aromatic heterocycles. The van der Waals surface area contributed by atoms with Crippen molar-refractivity contribution in [3.8, 4) is 0 Å². The highest BCUT2D eigenvalue weighted by Gasteiger charge is 2.12. The zero-order chi connectivity index (χ0) is 18.4. The van der Waals surface area contributed by atoms with E-state index in [9.17, 15) is 9.18 Å². The summed E-state index contributed by atoms with van der Waals surface area (Å²) in [6.07, 6.45) is 1.43. The number of esters is 1. The van der Waals surface area contributed by atoms with Crippen LogP contribution in [0, 0.1) is 5.82 Å². The molecule has 132 valence electrons. The van der Waals surface area contributed by atoms with E-state index in [-0.39, 0.29) is 18.4 Å². The van der Waals surface area contributed by atoms with Crippen LogP contribution < -0.4 is 10.6 Å². The zero-order valence-electron chi connectivity index (χ0n) is 13.9. The van der Waals surface area contributed by atoms with Crippen LogP contribution in [0.2, 0.25) is 0 Å². The van der Waals surface area contributed by atoms with Gasteiger partial charge in [0.05, 0.1) is 24.1 Å². The molecule has 3 rings (SSSR count). The predicted octanol–water partition coefficient (Wildman–Crippen LogP) is 3.67. The number of carbonyl (C=O) groups excluding carboxylic acids is 1. The Kier molecular flexibility index (Phi) is 5.33. The second-order valence-electron chi connectivity index (χ2n) is 5.19. The Morgan fingerprint density at radius 2 is 1.88 bits per heavy atom. The van der Waals surface area contributed by atoms with E-state index >= 15 is 0 Å². The number of para-hydroxylation sites is 1. The molecule has 0 amide bonds. The fourth-order valence-electron chi connectivity index (χ4n) is 2.20. The van der Waals surface area contributed by atoms with E-state index in [0.29, 0.717) is 22.8 Å². The van der Waals surface area contributed by atoms with Crippen LogP contribution in [0.5, 0.6) is 0 Å². The molecule has 1 heterocycles. The number of ether oxygens (including phenoxy) is 1. The van der Waals surface area contributed by atoms with Gasteiger partial charge in [0.2, 0.25) is 5.95 Å². The van der Waals surface area contributed by atoms with Crippen LogP contribution in [0.25, 0.3) is 0 Å². The van der Waals surface area contributed by atoms with Gasteiger partial charge in [-0.05, 0) is 43.3 Å². The number of nitrogens with zero attached hydrogens (tertiary/aromatic N) is 3. The van der Waals surface area contributed by atoms with Crippen LogP contribution in [0.3, 0.4) is 0 Å². The van der Waals surface area contributed by atoms with Crippen LogP contribution in [-0.2, 0) is 4.74 Å². The lowest BCUT2D eigenvalue weighted by molar-refractivity contribution is 0.0527. The Bertz CT molecular complexity index is 902. The van der Waals surface area contributed by atoms with E-state index in [1.54, 1.807) is 43.3 Å². The lowest BCUT2D eigenvalue weighted by Crippen LogP contribution is -2.09. The van der Waals surface area contributed by atoms with Gasteiger partial charge in [-0.3, -0.25) is 0 Å². The number of carbonyl (C=O) groups is 1. The third kappa shape index (κ3) is 4.29. The fraction of sp³-hybridized carbons (Fsp3) is 0.111. The van der Waals surface area contributed by atoms with Crippen LogP contribution in [-0.4, -0.2) is 27.8 Å². The molecule has 8 heteroatoms. The number of aromatic nitrogens is 3. The molecular weight excluding hydrogens is 337 g/mol. The van der Waals surface area contributed by atoms with Crippen molar-refractivity contribution in [3.63, 3.8) is 0 Å². The number of rotatable bonds is 6. The van der Waals surface area contributed by atoms with Gasteiger partial charge >= 0.3 is 5.97 Å². The molecule has 2 N–H and O–H groups in total. The zero-order valence-corrected chi connectivity index (χ0v) is 13.9. The summed E-state index contributed by atoms with van der Waals surface area (Å²) in [4.78, 5) is 16.3. The topological polar surface area (TPSA) is 89.0 Å². The van der Waals surface area contributed by atoms with Crippen LogP contribution in [0.4, 0.5) is 27.5 Å². The van der Waals surface area contributed by atoms with Crippen molar-refractivity contribution in [3.05, 3.63) is 66.1 Å². The van der Waals surface area contributed by atoms with Gasteiger partial charge in [-0.25, -0.2) is 9.18 Å². The van der Waals surface area contributed by atoms with Gasteiger partial charge in [-0.2, -0.15) is 10.1 Å². The maximum absolute atomic E-state index is 13.0. The molecule has 7 nitrogen and oxygen atoms in total. The molecule has 0 radical (unpaired) electrons. The molecule has 3 aromatic rings. The molecule has 0 saturated heterocycles. The summed E-state index contributed by atoms with van der Waals surface area (Å²) < 4.78 is 18.0. The second-order valence-corrected chi connectivity index (χ2v) is 5.19. The van der Waals surface area contributed by atoms with E-state index in [1.165, 1.54) is 18.3 Å². The standard InChI is InChI=1S/C18H16FN5O2/c1-2-26-17(25)14-5-3-4-6-15(14)22-16-11-20-24-18(23-16)21-13-9-7-12(19)8-10-13/h3-11H,2H2,1H3,(H2,21,22,23,24). The van der Waals surface area contributed by atoms with Crippen molar-refractivity contribution >= 4 is 29.1 Å². The second kappa shape index (κ2) is 8.02. The van der Waals surface area contributed by atoms with E-state index in [0.717, 1.165) is 0 Å². The quantitative estimate of drug-likeness (QED) is 0.654. The summed E-state index contributed by atoms with van der Waals surface area (Å²) in [5.74, 6) is -0.139. The molecule has 0 atom stereocenters. The maximum atomic E-state index is 13.0. The van der Waals surface area contributed by atoms with Crippen molar-refractivity contribution in [2.24, 2.45) is 0 Å². The Morgan fingerprint density at radius 1 is 1.12 bits per heavy atom. The summed E-state index contributed by atoms with van der Waals surface area (Å²) in [5, 5.41) is 13.7. The van der Waals surface area contributed by atoms with Crippen molar-refractivity contribution < 1.29 is 13.9 Å². The van der Waals surface area contributed by atoms with Crippen LogP contribution in [0.15, 0.2) is 54.7 Å². The number of hydrogen-bond donors (Lipinski definition) is 2. The highest BCUT2D eigenvalue weighted by molar-refractivity contribution is 5.96. The largest absolute Gasteiger partial charge is 0.462 e. The highest BCUT2D eigenvalue weighted by atomic mass is 19.1. The number of benzene rings is 2. The van der Waals surface area contributed by atoms with Crippen molar-refractivity contribution in [1.82, 2.24) is 15.2 Å².